The summed E-state index contributed by atoms with van der Waals surface area (Å²) in [6.07, 6.45) is 1.77. The number of hydrogen-bond acceptors (Lipinski definition) is 4. The molecule has 0 fully saturated rings. The van der Waals surface area contributed by atoms with Crippen LogP contribution in [-0.2, 0) is 22.5 Å². The third-order valence-electron chi connectivity index (χ3n) is 6.86. The van der Waals surface area contributed by atoms with Crippen molar-refractivity contribution in [3.63, 3.8) is 0 Å². The zero-order chi connectivity index (χ0) is 30.0. The molecular weight excluding hydrogens is 531 g/mol. The van der Waals surface area contributed by atoms with E-state index in [2.05, 4.69) is 29.7 Å². The Bertz CT molecular complexity index is 1310. The summed E-state index contributed by atoms with van der Waals surface area (Å²) in [4.78, 5) is 11.7. The summed E-state index contributed by atoms with van der Waals surface area (Å²) in [6, 6.07) is 12.8. The van der Waals surface area contributed by atoms with E-state index in [1.54, 1.807) is 13.0 Å². The third-order valence-corrected chi connectivity index (χ3v) is 6.86. The van der Waals surface area contributed by atoms with E-state index in [9.17, 15) is 18.0 Å². The van der Waals surface area contributed by atoms with Crippen LogP contribution in [0.15, 0.2) is 54.6 Å². The van der Waals surface area contributed by atoms with Crippen LogP contribution in [0, 0.1) is 5.92 Å². The summed E-state index contributed by atoms with van der Waals surface area (Å²) in [5.41, 5.74) is 3.13. The van der Waals surface area contributed by atoms with Crippen molar-refractivity contribution in [1.29, 1.82) is 0 Å². The van der Waals surface area contributed by atoms with Crippen LogP contribution < -0.4 is 9.47 Å². The molecule has 8 heteroatoms. The molecule has 0 N–H and O–H groups in total. The quantitative estimate of drug-likeness (QED) is 0.0974. The van der Waals surface area contributed by atoms with Crippen LogP contribution in [-0.4, -0.2) is 30.1 Å². The lowest BCUT2D eigenvalue weighted by molar-refractivity contribution is -0.274. The van der Waals surface area contributed by atoms with Crippen LogP contribution in [0.25, 0.3) is 22.2 Å². The highest BCUT2D eigenvalue weighted by Crippen LogP contribution is 2.39. The summed E-state index contributed by atoms with van der Waals surface area (Å²) < 4.78 is 58.3. The Hall–Kier alpha value is -3.42. The maximum Gasteiger partial charge on any atom is 0.573 e. The van der Waals surface area contributed by atoms with Gasteiger partial charge in [0.15, 0.2) is 0 Å². The first-order valence-electron chi connectivity index (χ1n) is 14.5. The topological polar surface area (TPSA) is 49.7 Å². The molecule has 0 aliphatic carbocycles. The van der Waals surface area contributed by atoms with Crippen LogP contribution in [0.3, 0.4) is 0 Å². The van der Waals surface area contributed by atoms with Gasteiger partial charge in [-0.2, -0.15) is 0 Å². The number of halogens is 3. The molecule has 0 saturated heterocycles. The first-order chi connectivity index (χ1) is 19.5. The fourth-order valence-electron chi connectivity index (χ4n) is 4.66. The molecule has 224 valence electrons. The molecule has 0 bridgehead atoms. The number of aryl methyl sites for hydroxylation is 2. The van der Waals surface area contributed by atoms with Gasteiger partial charge in [-0.15, -0.1) is 13.2 Å². The number of hydrogen-bond donors (Lipinski definition) is 0. The molecule has 1 heterocycles. The van der Waals surface area contributed by atoms with Crippen LogP contribution in [0.2, 0.25) is 0 Å². The Kier molecular flexibility index (Phi) is 11.7. The molecular formula is C33H42F3NO4. The molecule has 0 spiro atoms. The van der Waals surface area contributed by atoms with Crippen LogP contribution in [0.1, 0.15) is 71.8 Å². The van der Waals surface area contributed by atoms with E-state index in [-0.39, 0.29) is 18.3 Å². The fourth-order valence-corrected chi connectivity index (χ4v) is 4.66. The molecule has 0 saturated carbocycles. The van der Waals surface area contributed by atoms with Crippen molar-refractivity contribution in [3.05, 3.63) is 60.2 Å². The van der Waals surface area contributed by atoms with Crippen LogP contribution in [0.4, 0.5) is 13.2 Å². The Balaban J connectivity index is 1.94. The third kappa shape index (κ3) is 9.58. The minimum absolute atomic E-state index is 0.0428. The molecule has 5 nitrogen and oxygen atoms in total. The first-order valence-corrected chi connectivity index (χ1v) is 14.5. The minimum Gasteiger partial charge on any atom is -0.493 e. The monoisotopic (exact) mass is 573 g/mol. The summed E-state index contributed by atoms with van der Waals surface area (Å²) in [7, 11) is 0. The van der Waals surface area contributed by atoms with Gasteiger partial charge in [0.2, 0.25) is 0 Å². The number of carbonyl (C=O) groups is 1. The summed E-state index contributed by atoms with van der Waals surface area (Å²) in [5.74, 6) is -0.0203. The van der Waals surface area contributed by atoms with E-state index in [1.165, 1.54) is 6.07 Å². The summed E-state index contributed by atoms with van der Waals surface area (Å²) in [5, 5.41) is 0.900. The predicted molar refractivity (Wildman–Crippen MR) is 157 cm³/mol. The Morgan fingerprint density at radius 2 is 1.71 bits per heavy atom. The molecule has 3 aromatic rings. The lowest BCUT2D eigenvalue weighted by Crippen LogP contribution is -2.18. The second kappa shape index (κ2) is 15.0. The van der Waals surface area contributed by atoms with Gasteiger partial charge in [0.25, 0.3) is 0 Å². The minimum atomic E-state index is -4.80. The molecule has 41 heavy (non-hydrogen) atoms. The Labute approximate surface area is 241 Å². The molecule has 1 unspecified atom stereocenters. The SMILES string of the molecule is C=C(C)C(=O)OCC(C)COc1ccc2cc(-c3ccc(CCCCC)cc3OC(F)(F)F)n(CCCCC)c2c1. The molecule has 0 radical (unpaired) electrons. The van der Waals surface area contributed by atoms with Crippen LogP contribution >= 0.6 is 0 Å². The van der Waals surface area contributed by atoms with Crippen molar-refractivity contribution in [3.8, 4) is 22.8 Å². The molecule has 2 aromatic carbocycles. The maximum atomic E-state index is 13.5. The maximum absolute atomic E-state index is 13.5. The van der Waals surface area contributed by atoms with Crippen LogP contribution in [0.5, 0.6) is 11.5 Å². The molecule has 0 aliphatic rings. The highest BCUT2D eigenvalue weighted by Gasteiger charge is 2.33. The number of ether oxygens (including phenoxy) is 3. The summed E-state index contributed by atoms with van der Waals surface area (Å²) in [6.45, 7) is 12.5. The number of carbonyl (C=O) groups excluding carboxylic acids is 1. The second-order valence-corrected chi connectivity index (χ2v) is 10.7. The second-order valence-electron chi connectivity index (χ2n) is 10.7. The van der Waals surface area contributed by atoms with Crippen molar-refractivity contribution in [1.82, 2.24) is 4.57 Å². The highest BCUT2D eigenvalue weighted by molar-refractivity contribution is 5.89. The van der Waals surface area contributed by atoms with Crippen molar-refractivity contribution >= 4 is 16.9 Å². The van der Waals surface area contributed by atoms with Gasteiger partial charge in [0.1, 0.15) is 11.5 Å². The summed E-state index contributed by atoms with van der Waals surface area (Å²) >= 11 is 0. The van der Waals surface area contributed by atoms with E-state index in [1.807, 2.05) is 37.3 Å². The van der Waals surface area contributed by atoms with E-state index in [0.717, 1.165) is 55.0 Å². The lowest BCUT2D eigenvalue weighted by Gasteiger charge is -2.17. The fraction of sp³-hybridized carbons (Fsp3) is 0.485. The lowest BCUT2D eigenvalue weighted by atomic mass is 10.0. The van der Waals surface area contributed by atoms with Crippen molar-refractivity contribution in [2.45, 2.75) is 85.5 Å². The van der Waals surface area contributed by atoms with Gasteiger partial charge in [-0.05, 0) is 62.1 Å². The first kappa shape index (κ1) is 32.1. The van der Waals surface area contributed by atoms with Gasteiger partial charge in [-0.3, -0.25) is 0 Å². The van der Waals surface area contributed by atoms with Gasteiger partial charge in [0, 0.05) is 35.1 Å². The Morgan fingerprint density at radius 3 is 2.39 bits per heavy atom. The van der Waals surface area contributed by atoms with Gasteiger partial charge in [-0.1, -0.05) is 59.1 Å². The van der Waals surface area contributed by atoms with E-state index in [4.69, 9.17) is 9.47 Å². The molecule has 0 amide bonds. The van der Waals surface area contributed by atoms with Crippen molar-refractivity contribution < 1.29 is 32.2 Å². The number of esters is 1. The number of rotatable bonds is 16. The van der Waals surface area contributed by atoms with E-state index >= 15 is 0 Å². The average molecular weight is 574 g/mol. The number of unbranched alkanes of at least 4 members (excludes halogenated alkanes) is 4. The predicted octanol–water partition coefficient (Wildman–Crippen LogP) is 9.26. The molecule has 1 aromatic heterocycles. The van der Waals surface area contributed by atoms with Gasteiger partial charge in [0.05, 0.1) is 24.4 Å². The number of nitrogens with zero attached hydrogens (tertiary/aromatic N) is 1. The molecule has 0 aliphatic heterocycles. The molecule has 3 rings (SSSR count). The largest absolute Gasteiger partial charge is 0.573 e. The highest BCUT2D eigenvalue weighted by atomic mass is 19.4. The van der Waals surface area contributed by atoms with Gasteiger partial charge < -0.3 is 18.8 Å². The van der Waals surface area contributed by atoms with Crippen molar-refractivity contribution in [2.75, 3.05) is 13.2 Å². The number of aromatic nitrogens is 1. The number of benzene rings is 2. The van der Waals surface area contributed by atoms with Gasteiger partial charge in [-0.25, -0.2) is 4.79 Å². The standard InChI is InChI=1S/C33H42F3NO4/c1-6-8-10-12-25-13-16-28(31(18-25)41-33(34,35)36)30-19-26-14-15-27(20-29(26)37(30)17-11-9-7-2)39-21-24(5)22-40-32(38)23(3)4/h13-16,18-20,24H,3,6-12,17,21-22H2,1-2,4-5H3. The van der Waals surface area contributed by atoms with E-state index < -0.39 is 12.3 Å². The average Bonchev–Trinajstić information content (AvgIpc) is 3.27. The van der Waals surface area contributed by atoms with Gasteiger partial charge >= 0.3 is 12.3 Å². The molecule has 1 atom stereocenters. The normalized spacial score (nSPS) is 12.4. The zero-order valence-electron chi connectivity index (χ0n) is 24.6. The smallest absolute Gasteiger partial charge is 0.493 e. The number of alkyl halides is 3. The number of fused-ring (bicyclic) bond motifs is 1. The van der Waals surface area contributed by atoms with E-state index in [0.29, 0.717) is 42.2 Å². The Morgan fingerprint density at radius 1 is 0.976 bits per heavy atom. The van der Waals surface area contributed by atoms with Crippen molar-refractivity contribution in [2.24, 2.45) is 5.92 Å². The zero-order valence-corrected chi connectivity index (χ0v) is 24.6.